The molecule has 0 radical (unpaired) electrons. The number of hydrogen-bond acceptors (Lipinski definition) is 6. The lowest BCUT2D eigenvalue weighted by atomic mass is 9.99. The molecular weight excluding hydrogens is 1190 g/mol. The summed E-state index contributed by atoms with van der Waals surface area (Å²) in [5, 5.41) is 7.32. The first kappa shape index (κ1) is 59.0. The van der Waals surface area contributed by atoms with Crippen LogP contribution in [0.15, 0.2) is 328 Å². The molecule has 0 aliphatic rings. The van der Waals surface area contributed by atoms with E-state index in [1.165, 1.54) is 43.6 Å². The summed E-state index contributed by atoms with van der Waals surface area (Å²) in [5.41, 5.74) is 25.3. The Bertz CT molecular complexity index is 5890. The number of nitrogens with zero attached hydrogens (tertiary/aromatic N) is 8. The molecule has 0 bridgehead atoms. The Labute approximate surface area is 568 Å². The molecule has 18 rings (SSSR count). The van der Waals surface area contributed by atoms with E-state index >= 15 is 0 Å². The van der Waals surface area contributed by atoms with E-state index in [1.54, 1.807) is 0 Å². The highest BCUT2D eigenvalue weighted by atomic mass is 15.0. The van der Waals surface area contributed by atoms with Crippen LogP contribution in [0.25, 0.3) is 178 Å². The zero-order valence-electron chi connectivity index (χ0n) is 54.2. The minimum atomic E-state index is 0.699. The van der Waals surface area contributed by atoms with Crippen LogP contribution >= 0.6 is 0 Å². The number of rotatable bonds is 12. The van der Waals surface area contributed by atoms with Crippen LogP contribution in [0, 0.1) is 0 Å². The second-order valence-electron chi connectivity index (χ2n) is 24.7. The molecule has 0 aliphatic carbocycles. The van der Waals surface area contributed by atoms with E-state index in [2.05, 4.69) is 278 Å². The van der Waals surface area contributed by atoms with Gasteiger partial charge >= 0.3 is 0 Å². The average molecular weight is 1260 g/mol. The molecule has 98 heavy (non-hydrogen) atoms. The molecule has 12 aromatic carbocycles. The van der Waals surface area contributed by atoms with Crippen molar-refractivity contribution in [2.24, 2.45) is 0 Å². The molecule has 6 heterocycles. The smallest absolute Gasteiger partial charge is 0.160 e. The highest BCUT2D eigenvalue weighted by Gasteiger charge is 2.19. The standard InChI is InChI=1S/2C45H32N4/c1-2-49-42-22-10-9-21-37(42)38-25-23-32-24-26-39(46-43(32)44(38)49)35-19-11-17-33(27-35)34-18-12-20-36(28-34)45-47-40(30-13-5-3-6-14-30)29-41(48-45)31-15-7-4-8-16-31;1-2-49-42-19-10-9-18-37(42)38-26-24-33-25-27-39(46-43(33)44(38)49)36-17-11-16-35(28-36)30-20-22-34(23-21-30)45-47-40(31-12-5-3-6-13-31)29-41(48-45)32-14-7-4-8-15-32/h2*3-29H,2H2,1H3. The van der Waals surface area contributed by atoms with Gasteiger partial charge in [-0.05, 0) is 90.7 Å². The molecule has 464 valence electrons. The monoisotopic (exact) mass is 1260 g/mol. The van der Waals surface area contributed by atoms with E-state index in [0.29, 0.717) is 11.6 Å². The molecule has 0 amide bonds. The lowest BCUT2D eigenvalue weighted by Gasteiger charge is -2.11. The largest absolute Gasteiger partial charge is 0.339 e. The van der Waals surface area contributed by atoms with Crippen molar-refractivity contribution in [1.29, 1.82) is 0 Å². The SMILES string of the molecule is CCn1c2ccccc2c2ccc3ccc(-c4cccc(-c5ccc(-c6nc(-c7ccccc7)cc(-c7ccccc7)n6)cc5)c4)nc3c21.CCn1c2ccccc2c2ccc3ccc(-c4cccc(-c5cccc(-c6nc(-c7ccccc7)cc(-c7ccccc7)n6)c5)c4)nc3c21. The summed E-state index contributed by atoms with van der Waals surface area (Å²) >= 11 is 0. The highest BCUT2D eigenvalue weighted by molar-refractivity contribution is 6.18. The van der Waals surface area contributed by atoms with Crippen molar-refractivity contribution >= 4 is 65.4 Å². The number of benzene rings is 12. The fourth-order valence-electron chi connectivity index (χ4n) is 14.0. The summed E-state index contributed by atoms with van der Waals surface area (Å²) in [7, 11) is 0. The molecule has 0 unspecified atom stereocenters. The minimum absolute atomic E-state index is 0.699. The second kappa shape index (κ2) is 25.5. The van der Waals surface area contributed by atoms with Gasteiger partial charge in [0.25, 0.3) is 0 Å². The summed E-state index contributed by atoms with van der Waals surface area (Å²) in [6.07, 6.45) is 0. The predicted octanol–water partition coefficient (Wildman–Crippen LogP) is 23.0. The van der Waals surface area contributed by atoms with E-state index < -0.39 is 0 Å². The first-order chi connectivity index (χ1) is 48.5. The van der Waals surface area contributed by atoms with Crippen LogP contribution in [0.5, 0.6) is 0 Å². The first-order valence-corrected chi connectivity index (χ1v) is 33.5. The van der Waals surface area contributed by atoms with Crippen molar-refractivity contribution in [3.63, 3.8) is 0 Å². The second-order valence-corrected chi connectivity index (χ2v) is 24.7. The summed E-state index contributed by atoms with van der Waals surface area (Å²) < 4.78 is 4.79. The van der Waals surface area contributed by atoms with E-state index in [-0.39, 0.29) is 0 Å². The predicted molar refractivity (Wildman–Crippen MR) is 406 cm³/mol. The number of para-hydroxylation sites is 2. The third kappa shape index (κ3) is 11.1. The van der Waals surface area contributed by atoms with E-state index in [9.17, 15) is 0 Å². The Morgan fingerprint density at radius 1 is 0.214 bits per heavy atom. The molecule has 0 fully saturated rings. The van der Waals surface area contributed by atoms with Crippen LogP contribution in [-0.4, -0.2) is 39.0 Å². The number of pyridine rings is 2. The molecule has 8 heteroatoms. The van der Waals surface area contributed by atoms with Gasteiger partial charge in [-0.15, -0.1) is 0 Å². The summed E-state index contributed by atoms with van der Waals surface area (Å²) in [6.45, 7) is 6.18. The topological polar surface area (TPSA) is 87.2 Å². The fourth-order valence-corrected chi connectivity index (χ4v) is 14.0. The zero-order valence-corrected chi connectivity index (χ0v) is 54.2. The first-order valence-electron chi connectivity index (χ1n) is 33.5. The molecule has 18 aromatic rings. The number of aromatic nitrogens is 8. The van der Waals surface area contributed by atoms with Gasteiger partial charge in [0.15, 0.2) is 11.6 Å². The van der Waals surface area contributed by atoms with Gasteiger partial charge in [0.2, 0.25) is 0 Å². The van der Waals surface area contributed by atoms with Crippen LogP contribution in [0.4, 0.5) is 0 Å². The normalized spacial score (nSPS) is 11.4. The fraction of sp³-hybridized carbons (Fsp3) is 0.0444. The van der Waals surface area contributed by atoms with E-state index in [0.717, 1.165) is 136 Å². The van der Waals surface area contributed by atoms with Crippen LogP contribution in [0.1, 0.15) is 13.8 Å². The lowest BCUT2D eigenvalue weighted by molar-refractivity contribution is 0.829. The van der Waals surface area contributed by atoms with Gasteiger partial charge in [0.1, 0.15) is 0 Å². The average Bonchev–Trinajstić information content (AvgIpc) is 1.58. The van der Waals surface area contributed by atoms with Crippen LogP contribution < -0.4 is 0 Å². The van der Waals surface area contributed by atoms with Crippen molar-refractivity contribution in [2.75, 3.05) is 0 Å². The van der Waals surface area contributed by atoms with Crippen LogP contribution in [-0.2, 0) is 13.1 Å². The summed E-state index contributed by atoms with van der Waals surface area (Å²) in [4.78, 5) is 30.7. The number of aryl methyl sites for hydroxylation is 2. The van der Waals surface area contributed by atoms with Crippen LogP contribution in [0.3, 0.4) is 0 Å². The van der Waals surface area contributed by atoms with Crippen molar-refractivity contribution in [3.8, 4) is 113 Å². The highest BCUT2D eigenvalue weighted by Crippen LogP contribution is 2.39. The minimum Gasteiger partial charge on any atom is -0.339 e. The number of fused-ring (bicyclic) bond motifs is 10. The van der Waals surface area contributed by atoms with Gasteiger partial charge in [-0.25, -0.2) is 29.9 Å². The molecular formula is C90H64N8. The Balaban J connectivity index is 0.000000147. The molecule has 0 saturated carbocycles. The van der Waals surface area contributed by atoms with Gasteiger partial charge < -0.3 is 9.13 Å². The van der Waals surface area contributed by atoms with Gasteiger partial charge in [0.05, 0.1) is 56.2 Å². The van der Waals surface area contributed by atoms with Gasteiger partial charge in [-0.2, -0.15) is 0 Å². The molecule has 0 atom stereocenters. The Morgan fingerprint density at radius 2 is 0.531 bits per heavy atom. The summed E-state index contributed by atoms with van der Waals surface area (Å²) in [6, 6.07) is 115. The lowest BCUT2D eigenvalue weighted by Crippen LogP contribution is -1.96. The quantitative estimate of drug-likeness (QED) is 0.121. The van der Waals surface area contributed by atoms with Crippen molar-refractivity contribution < 1.29 is 0 Å². The van der Waals surface area contributed by atoms with Crippen molar-refractivity contribution in [3.05, 3.63) is 328 Å². The zero-order chi connectivity index (χ0) is 65.5. The molecule has 6 aromatic heterocycles. The number of hydrogen-bond donors (Lipinski definition) is 0. The third-order valence-corrected chi connectivity index (χ3v) is 18.8. The Hall–Kier alpha value is -12.8. The van der Waals surface area contributed by atoms with Crippen LogP contribution in [0.2, 0.25) is 0 Å². The maximum atomic E-state index is 5.31. The molecule has 8 nitrogen and oxygen atoms in total. The molecule has 0 aliphatic heterocycles. The third-order valence-electron chi connectivity index (χ3n) is 18.8. The molecule has 0 N–H and O–H groups in total. The molecule has 0 saturated heterocycles. The van der Waals surface area contributed by atoms with Gasteiger partial charge in [0, 0.05) is 101 Å². The van der Waals surface area contributed by atoms with Crippen molar-refractivity contribution in [1.82, 2.24) is 39.0 Å². The Kier molecular flexibility index (Phi) is 15.4. The van der Waals surface area contributed by atoms with E-state index in [4.69, 9.17) is 29.9 Å². The summed E-state index contributed by atoms with van der Waals surface area (Å²) in [5.74, 6) is 1.40. The van der Waals surface area contributed by atoms with Gasteiger partial charge in [-0.3, -0.25) is 0 Å². The Morgan fingerprint density at radius 3 is 0.939 bits per heavy atom. The van der Waals surface area contributed by atoms with Gasteiger partial charge in [-0.1, -0.05) is 273 Å². The van der Waals surface area contributed by atoms with E-state index in [1.807, 2.05) is 72.8 Å². The molecule has 0 spiro atoms. The maximum absolute atomic E-state index is 5.31. The maximum Gasteiger partial charge on any atom is 0.160 e. The van der Waals surface area contributed by atoms with Crippen molar-refractivity contribution in [2.45, 2.75) is 26.9 Å².